The molecule has 0 bridgehead atoms. The zero-order chi connectivity index (χ0) is 16.3. The van der Waals surface area contributed by atoms with Gasteiger partial charge in [-0.25, -0.2) is 0 Å². The standard InChI is InChI=1S/C18H29N3O2/c1-18(8-4-3-5-9-18)12-17(22)19-16-11-15(20-21(16)2)14-7-6-10-23-13-14/h11,14H,3-10,12-13H2,1-2H3,(H,19,22)/t14-/m0/s1. The fraction of sp³-hybridized carbons (Fsp3) is 0.778. The summed E-state index contributed by atoms with van der Waals surface area (Å²) in [5.74, 6) is 1.27. The third-order valence-corrected chi connectivity index (χ3v) is 5.39. The molecule has 1 aliphatic heterocycles. The summed E-state index contributed by atoms with van der Waals surface area (Å²) in [6.45, 7) is 3.84. The van der Waals surface area contributed by atoms with E-state index in [1.807, 2.05) is 13.1 Å². The van der Waals surface area contributed by atoms with E-state index in [1.165, 1.54) is 19.3 Å². The van der Waals surface area contributed by atoms with E-state index in [0.717, 1.165) is 50.4 Å². The molecule has 23 heavy (non-hydrogen) atoms. The number of anilines is 1. The van der Waals surface area contributed by atoms with Gasteiger partial charge in [0.2, 0.25) is 5.91 Å². The lowest BCUT2D eigenvalue weighted by Crippen LogP contribution is -2.27. The average molecular weight is 319 g/mol. The van der Waals surface area contributed by atoms with Crippen LogP contribution in [-0.2, 0) is 16.6 Å². The summed E-state index contributed by atoms with van der Waals surface area (Å²) in [4.78, 5) is 12.4. The second kappa shape index (κ2) is 7.04. The van der Waals surface area contributed by atoms with Gasteiger partial charge in [-0.2, -0.15) is 5.10 Å². The van der Waals surface area contributed by atoms with Crippen LogP contribution in [0.15, 0.2) is 6.07 Å². The lowest BCUT2D eigenvalue weighted by Gasteiger charge is -2.32. The average Bonchev–Trinajstić information content (AvgIpc) is 2.89. The first-order valence-corrected chi connectivity index (χ1v) is 8.97. The molecule has 0 unspecified atom stereocenters. The van der Waals surface area contributed by atoms with Gasteiger partial charge >= 0.3 is 0 Å². The third kappa shape index (κ3) is 4.14. The fourth-order valence-corrected chi connectivity index (χ4v) is 3.94. The first-order chi connectivity index (χ1) is 11.1. The number of ether oxygens (including phenoxy) is 1. The van der Waals surface area contributed by atoms with Crippen LogP contribution in [-0.4, -0.2) is 28.9 Å². The largest absolute Gasteiger partial charge is 0.381 e. The molecule has 1 aromatic rings. The number of aryl methyl sites for hydroxylation is 1. The topological polar surface area (TPSA) is 56.1 Å². The highest BCUT2D eigenvalue weighted by Crippen LogP contribution is 2.38. The lowest BCUT2D eigenvalue weighted by molar-refractivity contribution is -0.118. The highest BCUT2D eigenvalue weighted by molar-refractivity contribution is 5.90. The van der Waals surface area contributed by atoms with Gasteiger partial charge in [-0.3, -0.25) is 9.48 Å². The number of aromatic nitrogens is 2. The molecular formula is C18H29N3O2. The Labute approximate surface area is 138 Å². The lowest BCUT2D eigenvalue weighted by atomic mass is 9.73. The van der Waals surface area contributed by atoms with Crippen molar-refractivity contribution in [1.29, 1.82) is 0 Å². The summed E-state index contributed by atoms with van der Waals surface area (Å²) in [7, 11) is 1.89. The third-order valence-electron chi connectivity index (χ3n) is 5.39. The van der Waals surface area contributed by atoms with Crippen molar-refractivity contribution in [1.82, 2.24) is 9.78 Å². The van der Waals surface area contributed by atoms with Gasteiger partial charge in [-0.1, -0.05) is 26.2 Å². The van der Waals surface area contributed by atoms with E-state index >= 15 is 0 Å². The summed E-state index contributed by atoms with van der Waals surface area (Å²) in [6, 6.07) is 2.01. The number of carbonyl (C=O) groups is 1. The predicted octanol–water partition coefficient (Wildman–Crippen LogP) is 3.61. The molecule has 5 nitrogen and oxygen atoms in total. The first-order valence-electron chi connectivity index (χ1n) is 8.97. The summed E-state index contributed by atoms with van der Waals surface area (Å²) in [5, 5.41) is 7.64. The van der Waals surface area contributed by atoms with Crippen LogP contribution >= 0.6 is 0 Å². The van der Waals surface area contributed by atoms with Gasteiger partial charge in [0.1, 0.15) is 5.82 Å². The Kier molecular flexibility index (Phi) is 5.05. The minimum atomic E-state index is 0.115. The molecule has 1 amide bonds. The molecule has 1 aliphatic carbocycles. The maximum Gasteiger partial charge on any atom is 0.226 e. The monoisotopic (exact) mass is 319 g/mol. The number of rotatable bonds is 4. The highest BCUT2D eigenvalue weighted by atomic mass is 16.5. The van der Waals surface area contributed by atoms with Crippen LogP contribution in [0, 0.1) is 5.41 Å². The molecule has 1 N–H and O–H groups in total. The maximum absolute atomic E-state index is 12.4. The van der Waals surface area contributed by atoms with Gasteiger partial charge in [0.25, 0.3) is 0 Å². The number of hydrogen-bond donors (Lipinski definition) is 1. The summed E-state index contributed by atoms with van der Waals surface area (Å²) in [5.41, 5.74) is 1.20. The Morgan fingerprint density at radius 1 is 1.39 bits per heavy atom. The minimum Gasteiger partial charge on any atom is -0.381 e. The van der Waals surface area contributed by atoms with Crippen molar-refractivity contribution in [3.8, 4) is 0 Å². The van der Waals surface area contributed by atoms with E-state index < -0.39 is 0 Å². The Morgan fingerprint density at radius 2 is 2.17 bits per heavy atom. The maximum atomic E-state index is 12.4. The molecular weight excluding hydrogens is 290 g/mol. The molecule has 0 radical (unpaired) electrons. The fourth-order valence-electron chi connectivity index (χ4n) is 3.94. The molecule has 3 rings (SSSR count). The molecule has 1 aromatic heterocycles. The second-order valence-corrected chi connectivity index (χ2v) is 7.59. The smallest absolute Gasteiger partial charge is 0.226 e. The Morgan fingerprint density at radius 3 is 2.87 bits per heavy atom. The molecule has 2 fully saturated rings. The quantitative estimate of drug-likeness (QED) is 0.922. The molecule has 0 spiro atoms. The van der Waals surface area contributed by atoms with Gasteiger partial charge in [0.05, 0.1) is 12.3 Å². The molecule has 128 valence electrons. The number of hydrogen-bond acceptors (Lipinski definition) is 3. The Balaban J connectivity index is 1.60. The van der Waals surface area contributed by atoms with Crippen LogP contribution in [0.5, 0.6) is 0 Å². The molecule has 5 heteroatoms. The number of nitrogens with zero attached hydrogens (tertiary/aromatic N) is 2. The predicted molar refractivity (Wildman–Crippen MR) is 90.4 cm³/mol. The Bertz CT molecular complexity index is 540. The number of carbonyl (C=O) groups excluding carboxylic acids is 1. The molecule has 1 saturated heterocycles. The van der Waals surface area contributed by atoms with Crippen molar-refractivity contribution >= 4 is 11.7 Å². The molecule has 2 heterocycles. The normalized spacial score (nSPS) is 24.3. The van der Waals surface area contributed by atoms with E-state index in [4.69, 9.17) is 4.74 Å². The summed E-state index contributed by atoms with van der Waals surface area (Å²) >= 11 is 0. The van der Waals surface area contributed by atoms with Crippen molar-refractivity contribution < 1.29 is 9.53 Å². The van der Waals surface area contributed by atoms with Gasteiger partial charge < -0.3 is 10.1 Å². The van der Waals surface area contributed by atoms with Crippen LogP contribution in [0.3, 0.4) is 0 Å². The van der Waals surface area contributed by atoms with Crippen molar-refractivity contribution in [2.24, 2.45) is 12.5 Å². The van der Waals surface area contributed by atoms with E-state index in [-0.39, 0.29) is 11.3 Å². The van der Waals surface area contributed by atoms with Crippen LogP contribution in [0.25, 0.3) is 0 Å². The van der Waals surface area contributed by atoms with Crippen LogP contribution < -0.4 is 5.32 Å². The van der Waals surface area contributed by atoms with Crippen molar-refractivity contribution in [3.63, 3.8) is 0 Å². The number of nitrogens with one attached hydrogen (secondary N) is 1. The zero-order valence-electron chi connectivity index (χ0n) is 14.4. The van der Waals surface area contributed by atoms with E-state index in [9.17, 15) is 4.79 Å². The van der Waals surface area contributed by atoms with Gasteiger partial charge in [0, 0.05) is 32.1 Å². The van der Waals surface area contributed by atoms with Gasteiger partial charge in [-0.15, -0.1) is 0 Å². The molecule has 1 atom stereocenters. The van der Waals surface area contributed by atoms with E-state index in [2.05, 4.69) is 17.3 Å². The SMILES string of the molecule is Cn1nc([C@H]2CCCOC2)cc1NC(=O)CC1(C)CCCCC1. The van der Waals surface area contributed by atoms with Crippen LogP contribution in [0.2, 0.25) is 0 Å². The number of amides is 1. The van der Waals surface area contributed by atoms with Crippen LogP contribution in [0.1, 0.15) is 69.9 Å². The molecule has 0 aromatic carbocycles. The molecule has 1 saturated carbocycles. The highest BCUT2D eigenvalue weighted by Gasteiger charge is 2.30. The minimum absolute atomic E-state index is 0.115. The summed E-state index contributed by atoms with van der Waals surface area (Å²) in [6.07, 6.45) is 8.95. The van der Waals surface area contributed by atoms with Gasteiger partial charge in [-0.05, 0) is 31.1 Å². The van der Waals surface area contributed by atoms with E-state index in [1.54, 1.807) is 4.68 Å². The molecule has 2 aliphatic rings. The summed E-state index contributed by atoms with van der Waals surface area (Å²) < 4.78 is 7.33. The van der Waals surface area contributed by atoms with Crippen molar-refractivity contribution in [3.05, 3.63) is 11.8 Å². The van der Waals surface area contributed by atoms with Gasteiger partial charge in [0.15, 0.2) is 0 Å². The van der Waals surface area contributed by atoms with Crippen molar-refractivity contribution in [2.45, 2.75) is 64.2 Å². The second-order valence-electron chi connectivity index (χ2n) is 7.59. The Hall–Kier alpha value is -1.36. The van der Waals surface area contributed by atoms with Crippen LogP contribution in [0.4, 0.5) is 5.82 Å². The first kappa shape index (κ1) is 16.5. The van der Waals surface area contributed by atoms with E-state index in [0.29, 0.717) is 12.3 Å². The van der Waals surface area contributed by atoms with Crippen molar-refractivity contribution in [2.75, 3.05) is 18.5 Å². The zero-order valence-corrected chi connectivity index (χ0v) is 14.4.